The minimum Gasteiger partial charge on any atom is -0.465 e. The third-order valence-corrected chi connectivity index (χ3v) is 4.39. The smallest absolute Gasteiger partial charge is 0.465 e. The van der Waals surface area contributed by atoms with Crippen LogP contribution in [-0.2, 0) is 11.3 Å². The predicted molar refractivity (Wildman–Crippen MR) is 112 cm³/mol. The Kier molecular flexibility index (Phi) is 10.2. The molecule has 0 unspecified atom stereocenters. The molecule has 34 heavy (non-hydrogen) atoms. The molecule has 2 rings (SSSR count). The largest absolute Gasteiger partial charge is 0.573 e. The maximum atomic E-state index is 12.3. The third-order valence-electron chi connectivity index (χ3n) is 4.39. The molecule has 0 aliphatic heterocycles. The van der Waals surface area contributed by atoms with Crippen LogP contribution in [0.1, 0.15) is 66.6 Å². The number of hydrogen-bond donors (Lipinski definition) is 1. The first-order valence-corrected chi connectivity index (χ1v) is 10.0. The lowest BCUT2D eigenvalue weighted by Crippen LogP contribution is -2.19. The van der Waals surface area contributed by atoms with E-state index in [2.05, 4.69) is 14.2 Å². The Hall–Kier alpha value is -2.95. The van der Waals surface area contributed by atoms with Crippen LogP contribution < -0.4 is 9.47 Å². The highest BCUT2D eigenvalue weighted by Gasteiger charge is 2.33. The Bertz CT molecular complexity index is 952. The lowest BCUT2D eigenvalue weighted by atomic mass is 10.0. The summed E-state index contributed by atoms with van der Waals surface area (Å²) in [5.74, 6) is -1.56. The fraction of sp³-hybridized carbons (Fsp3) is 0.435. The standard InChI is InChI=1S/C12H13F3O3.C11H13F3O2/c1-7(2)9-5-4-8(11(16)17-3)6-10(9)18-12(13,14)15;1-7(2)9-4-3-8(6-15)5-10(9)16-11(12,13)14/h4-7H,1-3H3;3-5,7,15H,6H2,1-2H3. The summed E-state index contributed by atoms with van der Waals surface area (Å²) in [6.07, 6.45) is -9.50. The quantitative estimate of drug-likeness (QED) is 0.356. The molecule has 0 bridgehead atoms. The Labute approximate surface area is 193 Å². The summed E-state index contributed by atoms with van der Waals surface area (Å²) in [5.41, 5.74) is 1.25. The van der Waals surface area contributed by atoms with Crippen LogP contribution in [0.3, 0.4) is 0 Å². The molecule has 0 saturated heterocycles. The molecule has 5 nitrogen and oxygen atoms in total. The molecule has 11 heteroatoms. The van der Waals surface area contributed by atoms with Crippen LogP contribution in [0.4, 0.5) is 26.3 Å². The zero-order chi connectivity index (χ0) is 26.3. The Morgan fingerprint density at radius 2 is 1.26 bits per heavy atom. The lowest BCUT2D eigenvalue weighted by Gasteiger charge is -2.16. The molecule has 0 heterocycles. The summed E-state index contributed by atoms with van der Waals surface area (Å²) in [4.78, 5) is 11.3. The van der Waals surface area contributed by atoms with Crippen LogP contribution in [0, 0.1) is 0 Å². The fourth-order valence-corrected chi connectivity index (χ4v) is 2.84. The van der Waals surface area contributed by atoms with Gasteiger partial charge in [-0.25, -0.2) is 4.79 Å². The molecule has 0 spiro atoms. The van der Waals surface area contributed by atoms with Crippen molar-refractivity contribution < 1.29 is 50.5 Å². The van der Waals surface area contributed by atoms with Gasteiger partial charge in [0.25, 0.3) is 0 Å². The number of esters is 1. The second-order valence-electron chi connectivity index (χ2n) is 7.68. The summed E-state index contributed by atoms with van der Waals surface area (Å²) in [5, 5.41) is 8.85. The maximum absolute atomic E-state index is 12.3. The van der Waals surface area contributed by atoms with Gasteiger partial charge in [0.1, 0.15) is 11.5 Å². The number of methoxy groups -OCH3 is 1. The van der Waals surface area contributed by atoms with Crippen molar-refractivity contribution >= 4 is 5.97 Å². The molecule has 0 fully saturated rings. The highest BCUT2D eigenvalue weighted by molar-refractivity contribution is 5.90. The molecule has 2 aromatic carbocycles. The number of benzene rings is 2. The minimum atomic E-state index is -4.79. The number of ether oxygens (including phenoxy) is 3. The highest BCUT2D eigenvalue weighted by atomic mass is 19.4. The van der Waals surface area contributed by atoms with Crippen LogP contribution in [-0.4, -0.2) is 30.9 Å². The molecular weight excluding hydrogens is 470 g/mol. The summed E-state index contributed by atoms with van der Waals surface area (Å²) in [6, 6.07) is 8.20. The van der Waals surface area contributed by atoms with Gasteiger partial charge >= 0.3 is 18.7 Å². The van der Waals surface area contributed by atoms with Gasteiger partial charge in [0.15, 0.2) is 0 Å². The zero-order valence-corrected chi connectivity index (χ0v) is 19.2. The van der Waals surface area contributed by atoms with Crippen molar-refractivity contribution in [3.8, 4) is 11.5 Å². The average molecular weight is 496 g/mol. The van der Waals surface area contributed by atoms with Crippen molar-refractivity contribution in [2.45, 2.75) is 58.9 Å². The number of alkyl halides is 6. The first kappa shape index (κ1) is 29.1. The van der Waals surface area contributed by atoms with Crippen molar-refractivity contribution in [1.82, 2.24) is 0 Å². The number of hydrogen-bond acceptors (Lipinski definition) is 5. The van der Waals surface area contributed by atoms with Crippen molar-refractivity contribution in [3.63, 3.8) is 0 Å². The third kappa shape index (κ3) is 9.50. The van der Waals surface area contributed by atoms with Gasteiger partial charge < -0.3 is 19.3 Å². The summed E-state index contributed by atoms with van der Waals surface area (Å²) in [7, 11) is 1.16. The van der Waals surface area contributed by atoms with Gasteiger partial charge in [-0.1, -0.05) is 45.9 Å². The number of halogens is 6. The van der Waals surface area contributed by atoms with E-state index in [1.807, 2.05) is 0 Å². The van der Waals surface area contributed by atoms with E-state index in [9.17, 15) is 31.1 Å². The molecule has 0 atom stereocenters. The number of rotatable bonds is 6. The van der Waals surface area contributed by atoms with Gasteiger partial charge in [-0.2, -0.15) is 0 Å². The number of aliphatic hydroxyl groups is 1. The lowest BCUT2D eigenvalue weighted by molar-refractivity contribution is -0.276. The monoisotopic (exact) mass is 496 g/mol. The Morgan fingerprint density at radius 3 is 1.65 bits per heavy atom. The second-order valence-corrected chi connectivity index (χ2v) is 7.68. The first-order chi connectivity index (χ1) is 15.6. The highest BCUT2D eigenvalue weighted by Crippen LogP contribution is 2.33. The normalized spacial score (nSPS) is 11.7. The van der Waals surface area contributed by atoms with Crippen molar-refractivity contribution in [3.05, 3.63) is 58.7 Å². The van der Waals surface area contributed by atoms with E-state index in [0.29, 0.717) is 16.7 Å². The topological polar surface area (TPSA) is 65.0 Å². The Balaban J connectivity index is 0.000000342. The molecule has 190 valence electrons. The van der Waals surface area contributed by atoms with E-state index in [1.165, 1.54) is 24.3 Å². The summed E-state index contributed by atoms with van der Waals surface area (Å²) >= 11 is 0. The van der Waals surface area contributed by atoms with Gasteiger partial charge in [0.05, 0.1) is 19.3 Å². The van der Waals surface area contributed by atoms with E-state index in [1.54, 1.807) is 33.8 Å². The SMILES string of the molecule is CC(C)c1ccc(CO)cc1OC(F)(F)F.COC(=O)c1ccc(C(C)C)c(OC(F)(F)F)c1. The van der Waals surface area contributed by atoms with Crippen LogP contribution in [0.5, 0.6) is 11.5 Å². The van der Waals surface area contributed by atoms with Crippen molar-refractivity contribution in [2.75, 3.05) is 7.11 Å². The number of carbonyl (C=O) groups is 1. The van der Waals surface area contributed by atoms with Gasteiger partial charge in [0.2, 0.25) is 0 Å². The average Bonchev–Trinajstić information content (AvgIpc) is 2.70. The molecule has 0 saturated carbocycles. The fourth-order valence-electron chi connectivity index (χ4n) is 2.84. The van der Waals surface area contributed by atoms with Gasteiger partial charge in [0, 0.05) is 0 Å². The molecule has 0 aliphatic rings. The summed E-state index contributed by atoms with van der Waals surface area (Å²) in [6.45, 7) is 6.70. The van der Waals surface area contributed by atoms with Crippen molar-refractivity contribution in [2.24, 2.45) is 0 Å². The predicted octanol–water partition coefficient (Wildman–Crippen LogP) is 6.70. The van der Waals surface area contributed by atoms with Gasteiger partial charge in [-0.05, 0) is 46.7 Å². The molecule has 0 radical (unpaired) electrons. The van der Waals surface area contributed by atoms with Crippen LogP contribution in [0.2, 0.25) is 0 Å². The van der Waals surface area contributed by atoms with Crippen LogP contribution >= 0.6 is 0 Å². The maximum Gasteiger partial charge on any atom is 0.573 e. The van der Waals surface area contributed by atoms with Gasteiger partial charge in [-0.3, -0.25) is 0 Å². The molecular formula is C23H26F6O5. The zero-order valence-electron chi connectivity index (χ0n) is 19.2. The van der Waals surface area contributed by atoms with E-state index >= 15 is 0 Å². The van der Waals surface area contributed by atoms with E-state index in [0.717, 1.165) is 13.2 Å². The van der Waals surface area contributed by atoms with Gasteiger partial charge in [-0.15, -0.1) is 26.3 Å². The second kappa shape index (κ2) is 12.0. The van der Waals surface area contributed by atoms with Crippen LogP contribution in [0.25, 0.3) is 0 Å². The molecule has 2 aromatic rings. The van der Waals surface area contributed by atoms with E-state index < -0.39 is 18.7 Å². The van der Waals surface area contributed by atoms with Crippen molar-refractivity contribution in [1.29, 1.82) is 0 Å². The summed E-state index contributed by atoms with van der Waals surface area (Å²) < 4.78 is 85.5. The molecule has 0 amide bonds. The molecule has 0 aromatic heterocycles. The first-order valence-electron chi connectivity index (χ1n) is 10.0. The van der Waals surface area contributed by atoms with Crippen LogP contribution in [0.15, 0.2) is 36.4 Å². The van der Waals surface area contributed by atoms with E-state index in [4.69, 9.17) is 5.11 Å². The Morgan fingerprint density at radius 1 is 0.824 bits per heavy atom. The molecule has 0 aliphatic carbocycles. The number of aliphatic hydroxyl groups excluding tert-OH is 1. The minimum absolute atomic E-state index is 0.0150. The molecule has 1 N–H and O–H groups in total. The number of carbonyl (C=O) groups excluding carboxylic acids is 1. The van der Waals surface area contributed by atoms with E-state index in [-0.39, 0.29) is 35.5 Å².